The van der Waals surface area contributed by atoms with Gasteiger partial charge in [-0.1, -0.05) is 18.6 Å². The summed E-state index contributed by atoms with van der Waals surface area (Å²) in [6.07, 6.45) is 3.96. The third-order valence-electron chi connectivity index (χ3n) is 2.46. The first kappa shape index (κ1) is 6.71. The van der Waals surface area contributed by atoms with Crippen LogP contribution >= 0.6 is 0 Å². The molecule has 2 rings (SSSR count). The first-order chi connectivity index (χ1) is 5.36. The molecule has 0 N–H and O–H groups in total. The Balaban J connectivity index is 2.18. The summed E-state index contributed by atoms with van der Waals surface area (Å²) < 4.78 is 0. The van der Waals surface area contributed by atoms with E-state index in [2.05, 4.69) is 0 Å². The minimum atomic E-state index is 0.119. The summed E-state index contributed by atoms with van der Waals surface area (Å²) in [5.74, 6) is 0.865. The van der Waals surface area contributed by atoms with E-state index in [1.807, 2.05) is 12.1 Å². The normalized spacial score (nSPS) is 17.8. The molecule has 0 aliphatic heterocycles. The Hall–Kier alpha value is -0.980. The van der Waals surface area contributed by atoms with Crippen molar-refractivity contribution < 1.29 is 5.11 Å². The Morgan fingerprint density at radius 1 is 1.09 bits per heavy atom. The highest BCUT2D eigenvalue weighted by Gasteiger charge is 2.18. The van der Waals surface area contributed by atoms with Crippen molar-refractivity contribution in [1.82, 2.24) is 0 Å². The van der Waals surface area contributed by atoms with E-state index < -0.39 is 0 Å². The van der Waals surface area contributed by atoms with Crippen LogP contribution in [0.25, 0.3) is 0 Å². The molecule has 1 heteroatoms. The topological polar surface area (TPSA) is 19.9 Å². The highest BCUT2D eigenvalue weighted by Crippen LogP contribution is 2.36. The van der Waals surface area contributed by atoms with E-state index in [0.717, 1.165) is 5.92 Å². The fraction of sp³-hybridized carbons (Fsp3) is 0.400. The maximum atomic E-state index is 10.8. The van der Waals surface area contributed by atoms with Gasteiger partial charge in [-0.05, 0) is 36.5 Å². The molecule has 1 aliphatic rings. The van der Waals surface area contributed by atoms with Gasteiger partial charge in [-0.25, -0.2) is 0 Å². The predicted octanol–water partition coefficient (Wildman–Crippen LogP) is 3.10. The summed E-state index contributed by atoms with van der Waals surface area (Å²) in [5.41, 5.74) is 1.34. The van der Waals surface area contributed by atoms with E-state index in [1.54, 1.807) is 12.1 Å². The van der Waals surface area contributed by atoms with Crippen molar-refractivity contribution in [1.29, 1.82) is 0 Å². The second kappa shape index (κ2) is 2.57. The predicted molar refractivity (Wildman–Crippen MR) is 43.2 cm³/mol. The molecule has 1 saturated carbocycles. The Kier molecular flexibility index (Phi) is 1.57. The Labute approximate surface area is 66.7 Å². The summed E-state index contributed by atoms with van der Waals surface area (Å²) in [4.78, 5) is 0. The first-order valence-electron chi connectivity index (χ1n) is 4.13. The van der Waals surface area contributed by atoms with Crippen LogP contribution in [0.5, 0.6) is 5.75 Å². The lowest BCUT2D eigenvalue weighted by Gasteiger charge is -2.25. The Morgan fingerprint density at radius 2 is 1.73 bits per heavy atom. The molecule has 0 atom stereocenters. The van der Waals surface area contributed by atoms with Gasteiger partial charge in [-0.2, -0.15) is 0 Å². The summed E-state index contributed by atoms with van der Waals surface area (Å²) >= 11 is 0. The zero-order valence-electron chi connectivity index (χ0n) is 6.42. The standard InChI is InChI=1S/C10H11O/c11-10-6-4-9(5-7-10)8-2-1-3-8/h4-8H,1-3H2. The van der Waals surface area contributed by atoms with Crippen molar-refractivity contribution in [3.8, 4) is 5.75 Å². The third-order valence-corrected chi connectivity index (χ3v) is 2.46. The van der Waals surface area contributed by atoms with Gasteiger partial charge in [0.1, 0.15) is 0 Å². The van der Waals surface area contributed by atoms with Gasteiger partial charge < -0.3 is 0 Å². The van der Waals surface area contributed by atoms with Crippen molar-refractivity contribution in [2.24, 2.45) is 0 Å². The number of rotatable bonds is 1. The SMILES string of the molecule is [O]c1ccc(C2CCC2)cc1. The van der Waals surface area contributed by atoms with Gasteiger partial charge in [0.2, 0.25) is 0 Å². The monoisotopic (exact) mass is 147 g/mol. The van der Waals surface area contributed by atoms with E-state index in [0.29, 0.717) is 0 Å². The molecule has 1 radical (unpaired) electrons. The van der Waals surface area contributed by atoms with Crippen LogP contribution in [0.2, 0.25) is 0 Å². The lowest BCUT2D eigenvalue weighted by atomic mass is 9.80. The minimum Gasteiger partial charge on any atom is -0.290 e. The molecule has 1 fully saturated rings. The molecule has 0 saturated heterocycles. The van der Waals surface area contributed by atoms with Crippen LogP contribution in [-0.2, 0) is 5.11 Å². The summed E-state index contributed by atoms with van der Waals surface area (Å²) in [6.45, 7) is 0. The third kappa shape index (κ3) is 1.23. The quantitative estimate of drug-likeness (QED) is 0.581. The van der Waals surface area contributed by atoms with Crippen molar-refractivity contribution in [2.75, 3.05) is 0 Å². The van der Waals surface area contributed by atoms with E-state index in [4.69, 9.17) is 0 Å². The van der Waals surface area contributed by atoms with Crippen LogP contribution < -0.4 is 0 Å². The van der Waals surface area contributed by atoms with Crippen LogP contribution in [0.15, 0.2) is 24.3 Å². The number of hydrogen-bond acceptors (Lipinski definition) is 0. The molecule has 11 heavy (non-hydrogen) atoms. The van der Waals surface area contributed by atoms with Crippen LogP contribution in [0.3, 0.4) is 0 Å². The van der Waals surface area contributed by atoms with Gasteiger partial charge in [0.15, 0.2) is 5.75 Å². The van der Waals surface area contributed by atoms with Crippen molar-refractivity contribution >= 4 is 0 Å². The van der Waals surface area contributed by atoms with Gasteiger partial charge in [-0.15, -0.1) is 0 Å². The zero-order chi connectivity index (χ0) is 7.68. The van der Waals surface area contributed by atoms with Gasteiger partial charge in [0.05, 0.1) is 0 Å². The minimum absolute atomic E-state index is 0.119. The summed E-state index contributed by atoms with van der Waals surface area (Å²) in [7, 11) is 0. The van der Waals surface area contributed by atoms with E-state index in [1.165, 1.54) is 24.8 Å². The molecule has 1 aromatic carbocycles. The Bertz CT molecular complexity index is 234. The maximum absolute atomic E-state index is 10.8. The molecule has 0 unspecified atom stereocenters. The highest BCUT2D eigenvalue weighted by atomic mass is 16.3. The van der Waals surface area contributed by atoms with Gasteiger partial charge in [-0.3, -0.25) is 5.11 Å². The van der Waals surface area contributed by atoms with E-state index in [-0.39, 0.29) is 5.75 Å². The van der Waals surface area contributed by atoms with Crippen LogP contribution in [0.4, 0.5) is 0 Å². The van der Waals surface area contributed by atoms with Gasteiger partial charge >= 0.3 is 0 Å². The van der Waals surface area contributed by atoms with Crippen molar-refractivity contribution in [3.05, 3.63) is 29.8 Å². The average molecular weight is 147 g/mol. The molecule has 1 aromatic rings. The maximum Gasteiger partial charge on any atom is 0.178 e. The summed E-state index contributed by atoms with van der Waals surface area (Å²) in [6, 6.07) is 7.25. The average Bonchev–Trinajstić information content (AvgIpc) is 1.90. The zero-order valence-corrected chi connectivity index (χ0v) is 6.42. The van der Waals surface area contributed by atoms with E-state index >= 15 is 0 Å². The second-order valence-electron chi connectivity index (χ2n) is 3.20. The second-order valence-corrected chi connectivity index (χ2v) is 3.20. The van der Waals surface area contributed by atoms with E-state index in [9.17, 15) is 5.11 Å². The molecule has 0 heterocycles. The highest BCUT2D eigenvalue weighted by molar-refractivity contribution is 5.28. The summed E-state index contributed by atoms with van der Waals surface area (Å²) in [5, 5.41) is 10.8. The molecule has 1 nitrogen and oxygen atoms in total. The van der Waals surface area contributed by atoms with Crippen LogP contribution in [0.1, 0.15) is 30.7 Å². The number of benzene rings is 1. The fourth-order valence-corrected chi connectivity index (χ4v) is 1.48. The number of hydrogen-bond donors (Lipinski definition) is 0. The fourth-order valence-electron chi connectivity index (χ4n) is 1.48. The first-order valence-corrected chi connectivity index (χ1v) is 4.13. The molecular weight excluding hydrogens is 136 g/mol. The molecule has 0 bridgehead atoms. The lowest BCUT2D eigenvalue weighted by molar-refractivity contribution is 0.354. The largest absolute Gasteiger partial charge is 0.290 e. The molecule has 57 valence electrons. The molecular formula is C10H11O. The smallest absolute Gasteiger partial charge is 0.178 e. The lowest BCUT2D eigenvalue weighted by Crippen LogP contribution is -2.07. The van der Waals surface area contributed by atoms with Gasteiger partial charge in [0.25, 0.3) is 0 Å². The van der Waals surface area contributed by atoms with Gasteiger partial charge in [0, 0.05) is 0 Å². The van der Waals surface area contributed by atoms with Crippen LogP contribution in [0, 0.1) is 0 Å². The molecule has 1 aliphatic carbocycles. The molecule has 0 amide bonds. The van der Waals surface area contributed by atoms with Crippen molar-refractivity contribution in [2.45, 2.75) is 25.2 Å². The Morgan fingerprint density at radius 3 is 2.18 bits per heavy atom. The molecule has 0 spiro atoms. The van der Waals surface area contributed by atoms with Crippen molar-refractivity contribution in [3.63, 3.8) is 0 Å². The van der Waals surface area contributed by atoms with Crippen LogP contribution in [-0.4, -0.2) is 0 Å². The molecule has 0 aromatic heterocycles.